The van der Waals surface area contributed by atoms with E-state index in [1.165, 1.54) is 13.3 Å². The molecule has 0 spiro atoms. The summed E-state index contributed by atoms with van der Waals surface area (Å²) in [5, 5.41) is 0. The SMILES string of the molecule is COc1ccnc(C(=O)C(C)N)c1Br. The number of ether oxygens (including phenoxy) is 1. The van der Waals surface area contributed by atoms with Gasteiger partial charge in [-0.25, -0.2) is 0 Å². The van der Waals surface area contributed by atoms with E-state index in [2.05, 4.69) is 20.9 Å². The number of methoxy groups -OCH3 is 1. The van der Waals surface area contributed by atoms with Gasteiger partial charge in [0, 0.05) is 6.20 Å². The van der Waals surface area contributed by atoms with E-state index in [-0.39, 0.29) is 5.78 Å². The quantitative estimate of drug-likeness (QED) is 0.833. The van der Waals surface area contributed by atoms with E-state index in [1.807, 2.05) is 0 Å². The van der Waals surface area contributed by atoms with E-state index in [4.69, 9.17) is 10.5 Å². The Kier molecular flexibility index (Phi) is 3.60. The lowest BCUT2D eigenvalue weighted by atomic mass is 10.1. The molecule has 2 N–H and O–H groups in total. The molecule has 0 aliphatic heterocycles. The molecule has 0 amide bonds. The van der Waals surface area contributed by atoms with Crippen molar-refractivity contribution in [2.75, 3.05) is 7.11 Å². The zero-order valence-corrected chi connectivity index (χ0v) is 9.54. The van der Waals surface area contributed by atoms with Crippen LogP contribution in [0.3, 0.4) is 0 Å². The Hall–Kier alpha value is -0.940. The lowest BCUT2D eigenvalue weighted by molar-refractivity contribution is 0.0962. The number of Topliss-reactive ketones (excluding diaryl/α,β-unsaturated/α-hetero) is 1. The van der Waals surface area contributed by atoms with Gasteiger partial charge in [0.15, 0.2) is 5.78 Å². The first-order chi connectivity index (χ1) is 6.57. The molecule has 4 nitrogen and oxygen atoms in total. The number of hydrogen-bond acceptors (Lipinski definition) is 4. The zero-order valence-electron chi connectivity index (χ0n) is 7.95. The molecular formula is C9H11BrN2O2. The Morgan fingerprint density at radius 1 is 1.71 bits per heavy atom. The summed E-state index contributed by atoms with van der Waals surface area (Å²) in [6.45, 7) is 1.62. The second-order valence-electron chi connectivity index (χ2n) is 2.83. The first kappa shape index (κ1) is 11.1. The van der Waals surface area contributed by atoms with Crippen LogP contribution in [0.4, 0.5) is 0 Å². The second-order valence-corrected chi connectivity index (χ2v) is 3.62. The summed E-state index contributed by atoms with van der Waals surface area (Å²) in [7, 11) is 1.53. The van der Waals surface area contributed by atoms with Gasteiger partial charge in [-0.2, -0.15) is 0 Å². The van der Waals surface area contributed by atoms with Crippen molar-refractivity contribution in [2.24, 2.45) is 5.73 Å². The third-order valence-corrected chi connectivity index (χ3v) is 2.49. The average molecular weight is 259 g/mol. The predicted octanol–water partition coefficient (Wildman–Crippen LogP) is 1.38. The normalized spacial score (nSPS) is 12.3. The maximum Gasteiger partial charge on any atom is 0.198 e. The van der Waals surface area contributed by atoms with Crippen LogP contribution >= 0.6 is 15.9 Å². The van der Waals surface area contributed by atoms with Crippen LogP contribution in [0.15, 0.2) is 16.7 Å². The van der Waals surface area contributed by atoms with Crippen molar-refractivity contribution >= 4 is 21.7 Å². The van der Waals surface area contributed by atoms with Crippen LogP contribution in [0.1, 0.15) is 17.4 Å². The third kappa shape index (κ3) is 2.10. The Balaban J connectivity index is 3.16. The minimum atomic E-state index is -0.564. The summed E-state index contributed by atoms with van der Waals surface area (Å²) in [6, 6.07) is 1.10. The highest BCUT2D eigenvalue weighted by Gasteiger charge is 2.18. The van der Waals surface area contributed by atoms with Crippen molar-refractivity contribution in [1.82, 2.24) is 4.98 Å². The van der Waals surface area contributed by atoms with Crippen LogP contribution in [0.25, 0.3) is 0 Å². The van der Waals surface area contributed by atoms with Gasteiger partial charge >= 0.3 is 0 Å². The molecule has 5 heteroatoms. The molecule has 1 aromatic rings. The number of nitrogens with two attached hydrogens (primary N) is 1. The van der Waals surface area contributed by atoms with E-state index in [0.29, 0.717) is 15.9 Å². The molecule has 1 rings (SSSR count). The number of rotatable bonds is 3. The summed E-state index contributed by atoms with van der Waals surface area (Å²) >= 11 is 3.25. The van der Waals surface area contributed by atoms with Gasteiger partial charge < -0.3 is 10.5 Å². The summed E-state index contributed by atoms with van der Waals surface area (Å²) in [5.74, 6) is 0.361. The molecule has 76 valence electrons. The molecule has 1 aromatic heterocycles. The van der Waals surface area contributed by atoms with E-state index in [0.717, 1.165) is 0 Å². The van der Waals surface area contributed by atoms with Gasteiger partial charge in [-0.1, -0.05) is 0 Å². The monoisotopic (exact) mass is 258 g/mol. The van der Waals surface area contributed by atoms with E-state index in [9.17, 15) is 4.79 Å². The zero-order chi connectivity index (χ0) is 10.7. The van der Waals surface area contributed by atoms with Gasteiger partial charge in [0.25, 0.3) is 0 Å². The Morgan fingerprint density at radius 3 is 2.86 bits per heavy atom. The summed E-state index contributed by atoms with van der Waals surface area (Å²) in [4.78, 5) is 15.5. The summed E-state index contributed by atoms with van der Waals surface area (Å²) in [6.07, 6.45) is 1.51. The highest BCUT2D eigenvalue weighted by Crippen LogP contribution is 2.27. The summed E-state index contributed by atoms with van der Waals surface area (Å²) < 4.78 is 5.58. The van der Waals surface area contributed by atoms with Crippen molar-refractivity contribution in [2.45, 2.75) is 13.0 Å². The summed E-state index contributed by atoms with van der Waals surface area (Å²) in [5.41, 5.74) is 5.78. The van der Waals surface area contributed by atoms with Gasteiger partial charge in [-0.15, -0.1) is 0 Å². The number of nitrogens with zero attached hydrogens (tertiary/aromatic N) is 1. The molecule has 0 aliphatic carbocycles. The number of carbonyl (C=O) groups excluding carboxylic acids is 1. The largest absolute Gasteiger partial charge is 0.495 e. The Labute approximate surface area is 90.6 Å². The topological polar surface area (TPSA) is 65.2 Å². The molecule has 0 saturated carbocycles. The molecule has 0 aromatic carbocycles. The highest BCUT2D eigenvalue weighted by atomic mass is 79.9. The first-order valence-corrected chi connectivity index (χ1v) is 4.85. The van der Waals surface area contributed by atoms with E-state index in [1.54, 1.807) is 13.0 Å². The smallest absolute Gasteiger partial charge is 0.198 e. The van der Waals surface area contributed by atoms with E-state index < -0.39 is 6.04 Å². The molecule has 1 heterocycles. The van der Waals surface area contributed by atoms with Crippen LogP contribution in [0, 0.1) is 0 Å². The van der Waals surface area contributed by atoms with Gasteiger partial charge in [0.1, 0.15) is 11.4 Å². The van der Waals surface area contributed by atoms with Crippen molar-refractivity contribution in [1.29, 1.82) is 0 Å². The number of pyridine rings is 1. The van der Waals surface area contributed by atoms with Gasteiger partial charge in [-0.05, 0) is 28.9 Å². The van der Waals surface area contributed by atoms with Crippen LogP contribution < -0.4 is 10.5 Å². The molecule has 0 bridgehead atoms. The molecule has 14 heavy (non-hydrogen) atoms. The van der Waals surface area contributed by atoms with Crippen molar-refractivity contribution < 1.29 is 9.53 Å². The fraction of sp³-hybridized carbons (Fsp3) is 0.333. The molecule has 1 unspecified atom stereocenters. The minimum absolute atomic E-state index is 0.212. The van der Waals surface area contributed by atoms with Crippen molar-refractivity contribution in [3.05, 3.63) is 22.4 Å². The molecule has 0 radical (unpaired) electrons. The van der Waals surface area contributed by atoms with Gasteiger partial charge in [-0.3, -0.25) is 9.78 Å². The maximum atomic E-state index is 11.6. The fourth-order valence-electron chi connectivity index (χ4n) is 0.971. The van der Waals surface area contributed by atoms with Crippen LogP contribution in [0.2, 0.25) is 0 Å². The lowest BCUT2D eigenvalue weighted by Crippen LogP contribution is -2.27. The number of hydrogen-bond donors (Lipinski definition) is 1. The highest BCUT2D eigenvalue weighted by molar-refractivity contribution is 9.10. The molecular weight excluding hydrogens is 248 g/mol. The van der Waals surface area contributed by atoms with E-state index >= 15 is 0 Å². The Morgan fingerprint density at radius 2 is 2.36 bits per heavy atom. The number of halogens is 1. The minimum Gasteiger partial charge on any atom is -0.495 e. The van der Waals surface area contributed by atoms with Gasteiger partial charge in [0.2, 0.25) is 0 Å². The molecule has 0 fully saturated rings. The third-order valence-electron chi connectivity index (χ3n) is 1.72. The molecule has 0 aliphatic rings. The molecule has 1 atom stereocenters. The van der Waals surface area contributed by atoms with Crippen molar-refractivity contribution in [3.8, 4) is 5.75 Å². The average Bonchev–Trinajstić information content (AvgIpc) is 2.17. The Bertz CT molecular complexity index is 353. The van der Waals surface area contributed by atoms with Crippen LogP contribution in [-0.2, 0) is 0 Å². The van der Waals surface area contributed by atoms with Crippen LogP contribution in [0.5, 0.6) is 5.75 Å². The van der Waals surface area contributed by atoms with Crippen LogP contribution in [-0.4, -0.2) is 23.9 Å². The first-order valence-electron chi connectivity index (χ1n) is 4.06. The van der Waals surface area contributed by atoms with Crippen molar-refractivity contribution in [3.63, 3.8) is 0 Å². The number of ketones is 1. The predicted molar refractivity (Wildman–Crippen MR) is 56.5 cm³/mol. The number of aromatic nitrogens is 1. The standard InChI is InChI=1S/C9H11BrN2O2/c1-5(11)9(13)8-7(10)6(14-2)3-4-12-8/h3-5H,11H2,1-2H3. The maximum absolute atomic E-state index is 11.6. The van der Waals surface area contributed by atoms with Gasteiger partial charge in [0.05, 0.1) is 17.6 Å². The second kappa shape index (κ2) is 4.52. The number of carbonyl (C=O) groups is 1. The molecule has 0 saturated heterocycles. The fourth-order valence-corrected chi connectivity index (χ4v) is 1.56. The lowest BCUT2D eigenvalue weighted by Gasteiger charge is -2.08.